The van der Waals surface area contributed by atoms with E-state index in [9.17, 15) is 0 Å². The number of pyridine rings is 1. The molecule has 1 aromatic carbocycles. The maximum atomic E-state index is 5.51. The highest BCUT2D eigenvalue weighted by Gasteiger charge is 2.08. The number of aromatic nitrogens is 4. The minimum Gasteiger partial charge on any atom is -0.377 e. The average Bonchev–Trinajstić information content (AvgIpc) is 3.41. The molecule has 6 nitrogen and oxygen atoms in total. The number of benzene rings is 1. The van der Waals surface area contributed by atoms with Crippen molar-refractivity contribution in [2.75, 3.05) is 11.9 Å². The van der Waals surface area contributed by atoms with Crippen molar-refractivity contribution in [3.05, 3.63) is 71.5 Å². The number of ether oxygens (including phenoxy) is 1. The van der Waals surface area contributed by atoms with Crippen molar-refractivity contribution >= 4 is 22.2 Å². The van der Waals surface area contributed by atoms with Gasteiger partial charge in [0.05, 0.1) is 12.3 Å². The lowest BCUT2D eigenvalue weighted by Crippen LogP contribution is -1.98. The fraction of sp³-hybridized carbons (Fsp3) is 0.190. The Morgan fingerprint density at radius 2 is 2.14 bits per heavy atom. The van der Waals surface area contributed by atoms with Crippen molar-refractivity contribution in [1.82, 2.24) is 19.7 Å². The third-order valence-electron chi connectivity index (χ3n) is 4.30. The Labute approximate surface area is 167 Å². The molecule has 0 unspecified atom stereocenters. The molecular formula is C21H21N5OS. The highest BCUT2D eigenvalue weighted by atomic mass is 32.1. The molecule has 1 N–H and O–H groups in total. The Bertz CT molecular complexity index is 1040. The summed E-state index contributed by atoms with van der Waals surface area (Å²) in [5.74, 6) is 0.782. The van der Waals surface area contributed by atoms with Gasteiger partial charge >= 0.3 is 0 Å². The molecule has 0 aliphatic carbocycles. The van der Waals surface area contributed by atoms with Crippen LogP contribution in [0.25, 0.3) is 17.1 Å². The van der Waals surface area contributed by atoms with Gasteiger partial charge in [0.1, 0.15) is 0 Å². The van der Waals surface area contributed by atoms with Crippen LogP contribution in [0.15, 0.2) is 60.4 Å². The molecule has 7 heteroatoms. The molecule has 0 spiro atoms. The molecule has 3 aromatic heterocycles. The summed E-state index contributed by atoms with van der Waals surface area (Å²) in [5, 5.41) is 10.5. The summed E-state index contributed by atoms with van der Waals surface area (Å²) in [6, 6.07) is 12.1. The van der Waals surface area contributed by atoms with Gasteiger partial charge in [-0.1, -0.05) is 12.1 Å². The first-order chi connectivity index (χ1) is 13.7. The van der Waals surface area contributed by atoms with E-state index in [0.717, 1.165) is 33.5 Å². The van der Waals surface area contributed by atoms with Crippen molar-refractivity contribution in [1.29, 1.82) is 0 Å². The Balaban J connectivity index is 1.50. The van der Waals surface area contributed by atoms with Gasteiger partial charge in [-0.05, 0) is 49.2 Å². The van der Waals surface area contributed by atoms with Gasteiger partial charge in [-0.15, -0.1) is 11.3 Å². The summed E-state index contributed by atoms with van der Waals surface area (Å²) in [7, 11) is 0. The highest BCUT2D eigenvalue weighted by molar-refractivity contribution is 7.14. The third-order valence-corrected chi connectivity index (χ3v) is 5.06. The quantitative estimate of drug-likeness (QED) is 0.481. The zero-order valence-corrected chi connectivity index (χ0v) is 16.6. The first-order valence-electron chi connectivity index (χ1n) is 9.09. The number of anilines is 2. The Hall–Kier alpha value is -3.03. The van der Waals surface area contributed by atoms with Gasteiger partial charge in [-0.25, -0.2) is 14.6 Å². The number of nitrogens with zero attached hydrogens (tertiary/aromatic N) is 4. The summed E-state index contributed by atoms with van der Waals surface area (Å²) >= 11 is 1.57. The van der Waals surface area contributed by atoms with Crippen molar-refractivity contribution in [3.63, 3.8) is 0 Å². The fourth-order valence-electron chi connectivity index (χ4n) is 2.77. The minimum atomic E-state index is 0.614. The molecule has 0 fully saturated rings. The van der Waals surface area contributed by atoms with Crippen LogP contribution in [0.2, 0.25) is 0 Å². The number of rotatable bonds is 7. The number of thiazole rings is 1. The van der Waals surface area contributed by atoms with E-state index < -0.39 is 0 Å². The lowest BCUT2D eigenvalue weighted by atomic mass is 10.1. The summed E-state index contributed by atoms with van der Waals surface area (Å²) in [4.78, 5) is 9.19. The van der Waals surface area contributed by atoms with E-state index in [4.69, 9.17) is 9.72 Å². The van der Waals surface area contributed by atoms with Crippen molar-refractivity contribution in [2.24, 2.45) is 0 Å². The number of hydrogen-bond donors (Lipinski definition) is 1. The Kier molecular flexibility index (Phi) is 5.45. The van der Waals surface area contributed by atoms with E-state index in [1.165, 1.54) is 5.56 Å². The summed E-state index contributed by atoms with van der Waals surface area (Å²) < 4.78 is 7.24. The SMILES string of the molecule is CCOCc1ccc(C)c(Nc2nc(-c3ccc(-n4cccn4)nc3)cs2)c1. The largest absolute Gasteiger partial charge is 0.377 e. The second-order valence-electron chi connectivity index (χ2n) is 6.31. The van der Waals surface area contributed by atoms with Crippen LogP contribution in [0.1, 0.15) is 18.1 Å². The van der Waals surface area contributed by atoms with Crippen molar-refractivity contribution < 1.29 is 4.74 Å². The molecule has 142 valence electrons. The first kappa shape index (κ1) is 18.3. The maximum absolute atomic E-state index is 5.51. The molecule has 0 atom stereocenters. The monoisotopic (exact) mass is 391 g/mol. The topological polar surface area (TPSA) is 64.9 Å². The summed E-state index contributed by atoms with van der Waals surface area (Å²) in [6.07, 6.45) is 5.43. The standard InChI is InChI=1S/C21H21N5OS/c1-3-27-13-16-6-5-15(2)18(11-16)24-21-25-19(14-28-21)17-7-8-20(22-12-17)26-10-4-9-23-26/h4-12,14H,3,13H2,1-2H3,(H,24,25). The van der Waals surface area contributed by atoms with Crippen LogP contribution in [0.3, 0.4) is 0 Å². The van der Waals surface area contributed by atoms with Crippen LogP contribution in [-0.2, 0) is 11.3 Å². The smallest absolute Gasteiger partial charge is 0.187 e. The van der Waals surface area contributed by atoms with Crippen LogP contribution in [-0.4, -0.2) is 26.4 Å². The van der Waals surface area contributed by atoms with Gasteiger partial charge < -0.3 is 10.1 Å². The molecule has 0 bridgehead atoms. The molecule has 4 rings (SSSR count). The molecular weight excluding hydrogens is 370 g/mol. The van der Waals surface area contributed by atoms with E-state index >= 15 is 0 Å². The molecule has 0 saturated carbocycles. The fourth-order valence-corrected chi connectivity index (χ4v) is 3.50. The van der Waals surface area contributed by atoms with E-state index in [1.54, 1.807) is 22.2 Å². The normalized spacial score (nSPS) is 10.9. The molecule has 28 heavy (non-hydrogen) atoms. The van der Waals surface area contributed by atoms with Gasteiger partial charge in [0, 0.05) is 41.8 Å². The Morgan fingerprint density at radius 3 is 2.89 bits per heavy atom. The summed E-state index contributed by atoms with van der Waals surface area (Å²) in [5.41, 5.74) is 5.23. The summed E-state index contributed by atoms with van der Waals surface area (Å²) in [6.45, 7) is 5.41. The van der Waals surface area contributed by atoms with Gasteiger partial charge in [0.2, 0.25) is 0 Å². The van der Waals surface area contributed by atoms with E-state index in [2.05, 4.69) is 40.5 Å². The second kappa shape index (κ2) is 8.33. The molecule has 4 aromatic rings. The van der Waals surface area contributed by atoms with E-state index in [0.29, 0.717) is 13.2 Å². The Morgan fingerprint density at radius 1 is 1.21 bits per heavy atom. The number of hydrogen-bond acceptors (Lipinski definition) is 6. The van der Waals surface area contributed by atoms with Gasteiger partial charge in [-0.2, -0.15) is 5.10 Å². The first-order valence-corrected chi connectivity index (χ1v) is 9.97. The van der Waals surface area contributed by atoms with Gasteiger partial charge in [0.25, 0.3) is 0 Å². The van der Waals surface area contributed by atoms with E-state index in [-0.39, 0.29) is 0 Å². The predicted octanol–water partition coefficient (Wildman–Crippen LogP) is 4.98. The van der Waals surface area contributed by atoms with Crippen LogP contribution in [0.5, 0.6) is 0 Å². The molecule has 0 radical (unpaired) electrons. The highest BCUT2D eigenvalue weighted by Crippen LogP contribution is 2.29. The zero-order valence-electron chi connectivity index (χ0n) is 15.8. The van der Waals surface area contributed by atoms with Gasteiger partial charge in [0.15, 0.2) is 10.9 Å². The lowest BCUT2D eigenvalue weighted by Gasteiger charge is -2.09. The van der Waals surface area contributed by atoms with Crippen LogP contribution in [0.4, 0.5) is 10.8 Å². The maximum Gasteiger partial charge on any atom is 0.187 e. The molecule has 0 amide bonds. The van der Waals surface area contributed by atoms with Crippen LogP contribution < -0.4 is 5.32 Å². The zero-order chi connectivity index (χ0) is 19.3. The molecule has 0 aliphatic rings. The lowest BCUT2D eigenvalue weighted by molar-refractivity contribution is 0.134. The number of aryl methyl sites for hydroxylation is 1. The van der Waals surface area contributed by atoms with Crippen LogP contribution >= 0.6 is 11.3 Å². The van der Waals surface area contributed by atoms with Gasteiger partial charge in [-0.3, -0.25) is 0 Å². The van der Waals surface area contributed by atoms with Crippen molar-refractivity contribution in [2.45, 2.75) is 20.5 Å². The molecule has 0 aliphatic heterocycles. The second-order valence-corrected chi connectivity index (χ2v) is 7.16. The minimum absolute atomic E-state index is 0.614. The molecule has 3 heterocycles. The predicted molar refractivity (Wildman–Crippen MR) is 112 cm³/mol. The van der Waals surface area contributed by atoms with Crippen molar-refractivity contribution in [3.8, 4) is 17.1 Å². The van der Waals surface area contributed by atoms with Crippen LogP contribution in [0, 0.1) is 6.92 Å². The molecule has 0 saturated heterocycles. The third kappa shape index (κ3) is 4.11. The number of nitrogens with one attached hydrogen (secondary N) is 1. The van der Waals surface area contributed by atoms with E-state index in [1.807, 2.05) is 42.9 Å². The average molecular weight is 392 g/mol.